The zero-order chi connectivity index (χ0) is 18.2. The second kappa shape index (κ2) is 9.52. The van der Waals surface area contributed by atoms with E-state index in [4.69, 9.17) is 0 Å². The van der Waals surface area contributed by atoms with E-state index in [-0.39, 0.29) is 11.8 Å². The van der Waals surface area contributed by atoms with E-state index in [1.807, 2.05) is 13.0 Å². The molecule has 0 bridgehead atoms. The second-order valence-electron chi connectivity index (χ2n) is 6.43. The van der Waals surface area contributed by atoms with Gasteiger partial charge in [0.05, 0.1) is 15.2 Å². The number of thiazole rings is 1. The number of aryl methyl sites for hydroxylation is 1. The predicted octanol–water partition coefficient (Wildman–Crippen LogP) is 2.31. The first-order valence-electron chi connectivity index (χ1n) is 9.40. The molecule has 0 atom stereocenters. The van der Waals surface area contributed by atoms with E-state index in [0.29, 0.717) is 13.1 Å². The van der Waals surface area contributed by atoms with Crippen LogP contribution < -0.4 is 16.0 Å². The van der Waals surface area contributed by atoms with Gasteiger partial charge in [-0.1, -0.05) is 12.1 Å². The lowest BCUT2D eigenvalue weighted by atomic mass is 10.3. The Bertz CT molecular complexity index is 720. The van der Waals surface area contributed by atoms with Crippen molar-refractivity contribution in [2.45, 2.75) is 32.6 Å². The van der Waals surface area contributed by atoms with Gasteiger partial charge in [-0.15, -0.1) is 11.3 Å². The third-order valence-electron chi connectivity index (χ3n) is 4.17. The third kappa shape index (κ3) is 5.69. The fraction of sp³-hybridized carbons (Fsp3) is 0.526. The second-order valence-corrected chi connectivity index (χ2v) is 7.55. The van der Waals surface area contributed by atoms with Crippen LogP contribution in [-0.2, 0) is 11.2 Å². The molecule has 0 radical (unpaired) electrons. The van der Waals surface area contributed by atoms with Gasteiger partial charge in [-0.25, -0.2) is 4.98 Å². The molecule has 3 N–H and O–H groups in total. The lowest BCUT2D eigenvalue weighted by Crippen LogP contribution is -2.41. The van der Waals surface area contributed by atoms with E-state index in [0.717, 1.165) is 50.2 Å². The van der Waals surface area contributed by atoms with Gasteiger partial charge in [0.2, 0.25) is 5.91 Å². The number of amides is 1. The number of guanidine groups is 1. The highest BCUT2D eigenvalue weighted by atomic mass is 32.1. The van der Waals surface area contributed by atoms with Crippen molar-refractivity contribution in [2.24, 2.45) is 10.9 Å². The molecule has 1 heterocycles. The van der Waals surface area contributed by atoms with Crippen molar-refractivity contribution < 1.29 is 4.79 Å². The van der Waals surface area contributed by atoms with Gasteiger partial charge in [-0.05, 0) is 38.3 Å². The molecule has 1 aromatic heterocycles. The molecule has 1 aliphatic rings. The minimum atomic E-state index is 0.185. The van der Waals surface area contributed by atoms with Gasteiger partial charge in [0, 0.05) is 38.5 Å². The highest BCUT2D eigenvalue weighted by Crippen LogP contribution is 2.28. The Morgan fingerprint density at radius 1 is 1.23 bits per heavy atom. The summed E-state index contributed by atoms with van der Waals surface area (Å²) in [7, 11) is 0. The normalized spacial score (nSPS) is 14.4. The molecule has 0 aliphatic heterocycles. The molecule has 3 rings (SSSR count). The van der Waals surface area contributed by atoms with Crippen LogP contribution in [0.2, 0.25) is 0 Å². The summed E-state index contributed by atoms with van der Waals surface area (Å²) >= 11 is 1.76. The summed E-state index contributed by atoms with van der Waals surface area (Å²) < 4.78 is 1.24. The molecular formula is C19H27N5OS. The minimum absolute atomic E-state index is 0.185. The highest BCUT2D eigenvalue weighted by molar-refractivity contribution is 7.18. The van der Waals surface area contributed by atoms with E-state index >= 15 is 0 Å². The third-order valence-corrected chi connectivity index (χ3v) is 5.26. The van der Waals surface area contributed by atoms with Crippen molar-refractivity contribution in [2.75, 3.05) is 26.2 Å². The van der Waals surface area contributed by atoms with E-state index in [2.05, 4.69) is 44.1 Å². The average Bonchev–Trinajstić information content (AvgIpc) is 3.41. The fourth-order valence-electron chi connectivity index (χ4n) is 2.65. The summed E-state index contributed by atoms with van der Waals surface area (Å²) in [6.45, 7) is 4.93. The molecule has 6 nitrogen and oxygen atoms in total. The molecule has 1 aromatic carbocycles. The van der Waals surface area contributed by atoms with Gasteiger partial charge in [-0.2, -0.15) is 0 Å². The number of aromatic nitrogens is 1. The number of aliphatic imine (C=N–C) groups is 1. The molecule has 1 fully saturated rings. The number of carbonyl (C=O) groups is 1. The van der Waals surface area contributed by atoms with E-state index < -0.39 is 0 Å². The number of nitrogens with one attached hydrogen (secondary N) is 3. The summed E-state index contributed by atoms with van der Waals surface area (Å²) in [5, 5.41) is 10.6. The zero-order valence-electron chi connectivity index (χ0n) is 15.3. The lowest BCUT2D eigenvalue weighted by molar-refractivity contribution is -0.122. The maximum Gasteiger partial charge on any atom is 0.223 e. The molecular weight excluding hydrogens is 346 g/mol. The van der Waals surface area contributed by atoms with Crippen molar-refractivity contribution in [3.05, 3.63) is 29.3 Å². The molecule has 1 saturated carbocycles. The molecule has 0 saturated heterocycles. The maximum absolute atomic E-state index is 11.6. The van der Waals surface area contributed by atoms with Crippen LogP contribution >= 0.6 is 11.3 Å². The summed E-state index contributed by atoms with van der Waals surface area (Å²) in [4.78, 5) is 20.9. The first kappa shape index (κ1) is 18.6. The monoisotopic (exact) mass is 373 g/mol. The highest BCUT2D eigenvalue weighted by Gasteiger charge is 2.28. The molecule has 0 unspecified atom stereocenters. The summed E-state index contributed by atoms with van der Waals surface area (Å²) in [6.07, 6.45) is 3.99. The Morgan fingerprint density at radius 2 is 2.04 bits per heavy atom. The van der Waals surface area contributed by atoms with Gasteiger partial charge in [-0.3, -0.25) is 9.79 Å². The quantitative estimate of drug-likeness (QED) is 0.358. The number of carbonyl (C=O) groups excluding carboxylic acids is 1. The molecule has 7 heteroatoms. The number of hydrogen-bond acceptors (Lipinski definition) is 4. The van der Waals surface area contributed by atoms with Crippen LogP contribution in [0.5, 0.6) is 0 Å². The van der Waals surface area contributed by atoms with Crippen LogP contribution in [0.15, 0.2) is 29.3 Å². The number of para-hydroxylation sites is 1. The van der Waals surface area contributed by atoms with Crippen molar-refractivity contribution >= 4 is 33.4 Å². The Labute approximate surface area is 158 Å². The van der Waals surface area contributed by atoms with Crippen molar-refractivity contribution in [3.8, 4) is 0 Å². The Balaban J connectivity index is 1.37. The lowest BCUT2D eigenvalue weighted by Gasteiger charge is -2.11. The molecule has 2 aromatic rings. The predicted molar refractivity (Wildman–Crippen MR) is 108 cm³/mol. The van der Waals surface area contributed by atoms with Crippen molar-refractivity contribution in [1.82, 2.24) is 20.9 Å². The Kier molecular flexibility index (Phi) is 6.82. The Hall–Kier alpha value is -2.15. The van der Waals surface area contributed by atoms with Crippen LogP contribution in [0.4, 0.5) is 0 Å². The SMILES string of the molecule is CCNC(=NCCCc1nc2ccccc2s1)NCCNC(=O)C1CC1. The topological polar surface area (TPSA) is 78.4 Å². The Morgan fingerprint density at radius 3 is 2.81 bits per heavy atom. The first-order chi connectivity index (χ1) is 12.8. The van der Waals surface area contributed by atoms with E-state index in [1.54, 1.807) is 11.3 Å². The largest absolute Gasteiger partial charge is 0.357 e. The zero-order valence-corrected chi connectivity index (χ0v) is 16.1. The first-order valence-corrected chi connectivity index (χ1v) is 10.2. The van der Waals surface area contributed by atoms with Crippen LogP contribution in [0.3, 0.4) is 0 Å². The van der Waals surface area contributed by atoms with Crippen LogP contribution in [0, 0.1) is 5.92 Å². The smallest absolute Gasteiger partial charge is 0.223 e. The van der Waals surface area contributed by atoms with Gasteiger partial charge in [0.25, 0.3) is 0 Å². The van der Waals surface area contributed by atoms with E-state index in [1.165, 1.54) is 9.71 Å². The van der Waals surface area contributed by atoms with Gasteiger partial charge >= 0.3 is 0 Å². The van der Waals surface area contributed by atoms with Crippen LogP contribution in [0.1, 0.15) is 31.2 Å². The van der Waals surface area contributed by atoms with Crippen LogP contribution in [-0.4, -0.2) is 43.0 Å². The van der Waals surface area contributed by atoms with Gasteiger partial charge < -0.3 is 16.0 Å². The number of benzene rings is 1. The van der Waals surface area contributed by atoms with Gasteiger partial charge in [0.1, 0.15) is 0 Å². The summed E-state index contributed by atoms with van der Waals surface area (Å²) in [5.74, 6) is 1.25. The van der Waals surface area contributed by atoms with E-state index in [9.17, 15) is 4.79 Å². The standard InChI is InChI=1S/C19H27N5OS/c1-2-20-19(23-13-12-21-18(25)14-9-10-14)22-11-5-8-17-24-15-6-3-4-7-16(15)26-17/h3-4,6-7,14H,2,5,8-13H2,1H3,(H,21,25)(H2,20,22,23). The molecule has 26 heavy (non-hydrogen) atoms. The van der Waals surface area contributed by atoms with Crippen molar-refractivity contribution in [1.29, 1.82) is 0 Å². The van der Waals surface area contributed by atoms with Gasteiger partial charge in [0.15, 0.2) is 5.96 Å². The fourth-order valence-corrected chi connectivity index (χ4v) is 3.66. The minimum Gasteiger partial charge on any atom is -0.357 e. The summed E-state index contributed by atoms with van der Waals surface area (Å²) in [6, 6.07) is 8.25. The van der Waals surface area contributed by atoms with Crippen molar-refractivity contribution in [3.63, 3.8) is 0 Å². The molecule has 1 amide bonds. The molecule has 140 valence electrons. The number of rotatable bonds is 9. The number of fused-ring (bicyclic) bond motifs is 1. The number of nitrogens with zero attached hydrogens (tertiary/aromatic N) is 2. The van der Waals surface area contributed by atoms with Crippen LogP contribution in [0.25, 0.3) is 10.2 Å². The molecule has 1 aliphatic carbocycles. The summed E-state index contributed by atoms with van der Waals surface area (Å²) in [5.41, 5.74) is 1.08. The average molecular weight is 374 g/mol. The molecule has 0 spiro atoms. The maximum atomic E-state index is 11.6. The number of hydrogen-bond donors (Lipinski definition) is 3.